The molecule has 0 bridgehead atoms. The molecule has 3 heteroatoms. The lowest BCUT2D eigenvalue weighted by Gasteiger charge is -2.19. The molecular formula is C36H38Br2O. The maximum Gasteiger partial charge on any atom is 0.123 e. The summed E-state index contributed by atoms with van der Waals surface area (Å²) in [6.07, 6.45) is 7.17. The van der Waals surface area contributed by atoms with Gasteiger partial charge in [0.2, 0.25) is 0 Å². The third-order valence-electron chi connectivity index (χ3n) is 7.29. The Morgan fingerprint density at radius 2 is 1.38 bits per heavy atom. The predicted octanol–water partition coefficient (Wildman–Crippen LogP) is 11.3. The van der Waals surface area contributed by atoms with Crippen LogP contribution in [0.5, 0.6) is 5.75 Å². The van der Waals surface area contributed by atoms with Crippen LogP contribution in [-0.4, -0.2) is 6.61 Å². The van der Waals surface area contributed by atoms with E-state index in [-0.39, 0.29) is 0 Å². The molecule has 4 aromatic carbocycles. The highest BCUT2D eigenvalue weighted by Crippen LogP contribution is 2.35. The van der Waals surface area contributed by atoms with Gasteiger partial charge in [-0.25, -0.2) is 0 Å². The molecule has 1 nitrogen and oxygen atoms in total. The second-order valence-corrected chi connectivity index (χ2v) is 11.1. The summed E-state index contributed by atoms with van der Waals surface area (Å²) in [5.74, 6) is 1.60. The van der Waals surface area contributed by atoms with E-state index in [4.69, 9.17) is 4.74 Å². The summed E-state index contributed by atoms with van der Waals surface area (Å²) in [6.45, 7) is 5.30. The summed E-state index contributed by atoms with van der Waals surface area (Å²) in [4.78, 5) is 0. The molecule has 0 aliphatic carbocycles. The van der Waals surface area contributed by atoms with Crippen LogP contribution in [0.2, 0.25) is 0 Å². The number of ether oxygens (including phenoxy) is 1. The van der Waals surface area contributed by atoms with Crippen molar-refractivity contribution in [2.45, 2.75) is 50.2 Å². The van der Waals surface area contributed by atoms with Crippen LogP contribution in [0.4, 0.5) is 0 Å². The lowest BCUT2D eigenvalue weighted by Crippen LogP contribution is -2.12. The van der Waals surface area contributed by atoms with Gasteiger partial charge < -0.3 is 4.74 Å². The fourth-order valence-electron chi connectivity index (χ4n) is 4.88. The van der Waals surface area contributed by atoms with E-state index in [1.807, 2.05) is 0 Å². The van der Waals surface area contributed by atoms with E-state index in [0.717, 1.165) is 29.4 Å². The van der Waals surface area contributed by atoms with E-state index in [0.29, 0.717) is 5.92 Å². The largest absolute Gasteiger partial charge is 0.493 e. The average molecular weight is 647 g/mol. The summed E-state index contributed by atoms with van der Waals surface area (Å²) in [5, 5.41) is 1.55. The summed E-state index contributed by atoms with van der Waals surface area (Å²) in [5.41, 5.74) is 9.73. The van der Waals surface area contributed by atoms with E-state index in [9.17, 15) is 0 Å². The van der Waals surface area contributed by atoms with E-state index >= 15 is 0 Å². The molecule has 0 saturated carbocycles. The molecule has 0 fully saturated rings. The molecule has 0 spiro atoms. The van der Waals surface area contributed by atoms with Crippen molar-refractivity contribution in [3.05, 3.63) is 125 Å². The van der Waals surface area contributed by atoms with Gasteiger partial charge in [-0.2, -0.15) is 0 Å². The Labute approximate surface area is 251 Å². The molecule has 4 aromatic rings. The van der Waals surface area contributed by atoms with Crippen molar-refractivity contribution in [3.8, 4) is 16.9 Å². The quantitative estimate of drug-likeness (QED) is 0.104. The van der Waals surface area contributed by atoms with E-state index in [1.165, 1.54) is 63.8 Å². The first-order chi connectivity index (χ1) is 19.2. The van der Waals surface area contributed by atoms with Crippen molar-refractivity contribution >= 4 is 43.5 Å². The summed E-state index contributed by atoms with van der Waals surface area (Å²) >= 11 is 7.45. The van der Waals surface area contributed by atoms with Crippen LogP contribution in [0, 0.1) is 5.92 Å². The minimum absolute atomic E-state index is 0.609. The molecule has 0 heterocycles. The van der Waals surface area contributed by atoms with Crippen molar-refractivity contribution in [1.29, 1.82) is 0 Å². The first kappa shape index (κ1) is 29.4. The Hall–Kier alpha value is -2.62. The highest BCUT2D eigenvalue weighted by atomic mass is 79.9. The van der Waals surface area contributed by atoms with Crippen molar-refractivity contribution in [2.75, 3.05) is 6.61 Å². The van der Waals surface area contributed by atoms with Gasteiger partial charge in [-0.05, 0) is 69.5 Å². The molecule has 39 heavy (non-hydrogen) atoms. The second kappa shape index (κ2) is 15.2. The molecule has 4 rings (SSSR count). The van der Waals surface area contributed by atoms with Gasteiger partial charge in [-0.15, -0.1) is 0 Å². The van der Waals surface area contributed by atoms with Crippen LogP contribution in [0.1, 0.15) is 67.3 Å². The molecular weight excluding hydrogens is 608 g/mol. The maximum atomic E-state index is 6.40. The monoisotopic (exact) mass is 644 g/mol. The highest BCUT2D eigenvalue weighted by molar-refractivity contribution is 9.08. The first-order valence-corrected chi connectivity index (χ1v) is 16.2. The number of unbranched alkanes of at least 4 members (excludes halogenated alkanes) is 1. The Bertz CT molecular complexity index is 1290. The molecule has 1 unspecified atom stereocenters. The normalized spacial score (nSPS) is 11.7. The molecule has 0 amide bonds. The molecule has 1 atom stereocenters. The zero-order valence-corrected chi connectivity index (χ0v) is 26.2. The van der Waals surface area contributed by atoms with Crippen LogP contribution >= 0.6 is 31.9 Å². The topological polar surface area (TPSA) is 9.23 Å². The molecule has 202 valence electrons. The van der Waals surface area contributed by atoms with E-state index in [1.54, 1.807) is 0 Å². The van der Waals surface area contributed by atoms with Gasteiger partial charge >= 0.3 is 0 Å². The number of benzene rings is 4. The van der Waals surface area contributed by atoms with Crippen LogP contribution in [0.25, 0.3) is 22.8 Å². The number of alkyl halides is 2. The van der Waals surface area contributed by atoms with Crippen molar-refractivity contribution in [1.82, 2.24) is 0 Å². The molecule has 0 aliphatic rings. The number of halogens is 2. The number of hydrogen-bond donors (Lipinski definition) is 0. The van der Waals surface area contributed by atoms with Crippen molar-refractivity contribution < 1.29 is 4.74 Å². The zero-order chi connectivity index (χ0) is 27.5. The average Bonchev–Trinajstić information content (AvgIpc) is 3.00. The molecule has 0 N–H and O–H groups in total. The first-order valence-electron chi connectivity index (χ1n) is 14.0. The molecule has 0 aromatic heterocycles. The fourth-order valence-corrected chi connectivity index (χ4v) is 5.79. The van der Waals surface area contributed by atoms with Crippen LogP contribution in [0.3, 0.4) is 0 Å². The zero-order valence-electron chi connectivity index (χ0n) is 23.0. The number of hydrogen-bond acceptors (Lipinski definition) is 1. The second-order valence-electron chi connectivity index (χ2n) is 10.0. The number of rotatable bonds is 13. The van der Waals surface area contributed by atoms with Crippen LogP contribution in [0.15, 0.2) is 97.1 Å². The van der Waals surface area contributed by atoms with Crippen molar-refractivity contribution in [2.24, 2.45) is 5.92 Å². The summed E-state index contributed by atoms with van der Waals surface area (Å²) < 4.78 is 6.40. The lowest BCUT2D eigenvalue weighted by molar-refractivity contribution is 0.232. The van der Waals surface area contributed by atoms with Gasteiger partial charge in [-0.3, -0.25) is 0 Å². The minimum atomic E-state index is 0.609. The van der Waals surface area contributed by atoms with Gasteiger partial charge in [0.25, 0.3) is 0 Å². The third kappa shape index (κ3) is 7.96. The van der Waals surface area contributed by atoms with E-state index < -0.39 is 0 Å². The van der Waals surface area contributed by atoms with Crippen LogP contribution in [-0.2, 0) is 10.7 Å². The maximum absolute atomic E-state index is 6.40. The standard InChI is InChI=1S/C36H38Br2O/c1-3-5-12-27(4-2)26-39-36-23-32(24-37)35(22-33(36)25-38)31-19-17-28(18-20-31)21-34(29-13-8-6-9-14-29)30-15-10-7-11-16-30/h6-11,13-23,27H,3-5,12,24-26H2,1-2H3. The third-order valence-corrected chi connectivity index (χ3v) is 8.50. The summed E-state index contributed by atoms with van der Waals surface area (Å²) in [6, 6.07) is 34.6. The van der Waals surface area contributed by atoms with Crippen molar-refractivity contribution in [3.63, 3.8) is 0 Å². The molecule has 0 saturated heterocycles. The fraction of sp³-hybridized carbons (Fsp3) is 0.278. The van der Waals surface area contributed by atoms with Gasteiger partial charge in [0, 0.05) is 16.2 Å². The van der Waals surface area contributed by atoms with Gasteiger partial charge in [-0.1, -0.05) is 150 Å². The van der Waals surface area contributed by atoms with Gasteiger partial charge in [0.1, 0.15) is 5.75 Å². The molecule has 0 radical (unpaired) electrons. The Kier molecular flexibility index (Phi) is 11.5. The van der Waals surface area contributed by atoms with Crippen LogP contribution < -0.4 is 4.74 Å². The Morgan fingerprint density at radius 1 is 0.769 bits per heavy atom. The Balaban J connectivity index is 1.62. The van der Waals surface area contributed by atoms with Gasteiger partial charge in [0.05, 0.1) is 6.61 Å². The summed E-state index contributed by atoms with van der Waals surface area (Å²) in [7, 11) is 0. The molecule has 0 aliphatic heterocycles. The minimum Gasteiger partial charge on any atom is -0.493 e. The SMILES string of the molecule is CCCCC(CC)COc1cc(CBr)c(-c2ccc(C=C(c3ccccc3)c3ccccc3)cc2)cc1CBr. The smallest absolute Gasteiger partial charge is 0.123 e. The van der Waals surface area contributed by atoms with E-state index in [2.05, 4.69) is 149 Å². The Morgan fingerprint density at radius 3 is 1.92 bits per heavy atom. The lowest BCUT2D eigenvalue weighted by atomic mass is 9.94. The van der Waals surface area contributed by atoms with Gasteiger partial charge in [0.15, 0.2) is 0 Å². The highest BCUT2D eigenvalue weighted by Gasteiger charge is 2.14. The predicted molar refractivity (Wildman–Crippen MR) is 176 cm³/mol.